The molecule has 16 heavy (non-hydrogen) atoms. The van der Waals surface area contributed by atoms with E-state index in [0.717, 1.165) is 10.9 Å². The van der Waals surface area contributed by atoms with Crippen molar-refractivity contribution >= 4 is 11.8 Å². The van der Waals surface area contributed by atoms with Crippen molar-refractivity contribution in [2.75, 3.05) is 5.75 Å². The van der Waals surface area contributed by atoms with E-state index in [9.17, 15) is 0 Å². The van der Waals surface area contributed by atoms with E-state index in [2.05, 4.69) is 51.5 Å². The van der Waals surface area contributed by atoms with Gasteiger partial charge < -0.3 is 0 Å². The van der Waals surface area contributed by atoms with Crippen LogP contribution in [0.2, 0.25) is 0 Å². The molecule has 0 bridgehead atoms. The summed E-state index contributed by atoms with van der Waals surface area (Å²) in [6.45, 7) is 13.2. The molecule has 0 unspecified atom stereocenters. The van der Waals surface area contributed by atoms with Gasteiger partial charge in [-0.15, -0.1) is 0 Å². The fourth-order valence-corrected chi connectivity index (χ4v) is 1.88. The van der Waals surface area contributed by atoms with E-state index in [1.807, 2.05) is 12.4 Å². The molecule has 0 saturated carbocycles. The molecule has 0 aliphatic carbocycles. The second-order valence-electron chi connectivity index (χ2n) is 6.35. The summed E-state index contributed by atoms with van der Waals surface area (Å²) < 4.78 is 0. The molecular formula is C13H22N2S. The minimum atomic E-state index is 0.132. The lowest BCUT2D eigenvalue weighted by Crippen LogP contribution is -2.12. The molecule has 0 saturated heterocycles. The van der Waals surface area contributed by atoms with Crippen LogP contribution in [-0.4, -0.2) is 15.7 Å². The largest absolute Gasteiger partial charge is 0.231 e. The molecule has 1 heterocycles. The van der Waals surface area contributed by atoms with Crippen molar-refractivity contribution in [2.24, 2.45) is 5.41 Å². The van der Waals surface area contributed by atoms with Gasteiger partial charge >= 0.3 is 0 Å². The second kappa shape index (κ2) is 4.74. The fourth-order valence-electron chi connectivity index (χ4n) is 1.06. The van der Waals surface area contributed by atoms with Gasteiger partial charge in [0.15, 0.2) is 5.16 Å². The van der Waals surface area contributed by atoms with Gasteiger partial charge in [0.25, 0.3) is 0 Å². The van der Waals surface area contributed by atoms with Crippen molar-refractivity contribution in [3.63, 3.8) is 0 Å². The molecule has 0 radical (unpaired) electrons. The quantitative estimate of drug-likeness (QED) is 0.577. The maximum absolute atomic E-state index is 4.40. The maximum Gasteiger partial charge on any atom is 0.187 e. The molecule has 0 aliphatic rings. The Bertz CT molecular complexity index is 330. The van der Waals surface area contributed by atoms with Gasteiger partial charge in [-0.3, -0.25) is 0 Å². The summed E-state index contributed by atoms with van der Waals surface area (Å²) in [5, 5.41) is 0.878. The Morgan fingerprint density at radius 2 is 1.50 bits per heavy atom. The highest BCUT2D eigenvalue weighted by Gasteiger charge is 2.15. The lowest BCUT2D eigenvalue weighted by molar-refractivity contribution is 0.480. The Labute approximate surface area is 103 Å². The highest BCUT2D eigenvalue weighted by Crippen LogP contribution is 2.26. The molecule has 1 aromatic rings. The molecule has 3 heteroatoms. The fraction of sp³-hybridized carbons (Fsp3) is 0.692. The van der Waals surface area contributed by atoms with Gasteiger partial charge in [0.1, 0.15) is 0 Å². The number of thioether (sulfide) groups is 1. The average molecular weight is 238 g/mol. The topological polar surface area (TPSA) is 25.8 Å². The summed E-state index contributed by atoms with van der Waals surface area (Å²) in [5.74, 6) is 1.04. The van der Waals surface area contributed by atoms with E-state index < -0.39 is 0 Å². The second-order valence-corrected chi connectivity index (χ2v) is 7.30. The van der Waals surface area contributed by atoms with Crippen LogP contribution in [-0.2, 0) is 5.41 Å². The van der Waals surface area contributed by atoms with E-state index in [-0.39, 0.29) is 5.41 Å². The van der Waals surface area contributed by atoms with E-state index in [1.54, 1.807) is 11.8 Å². The van der Waals surface area contributed by atoms with Crippen LogP contribution in [0.1, 0.15) is 47.1 Å². The van der Waals surface area contributed by atoms with Gasteiger partial charge in [0.05, 0.1) is 0 Å². The molecule has 1 rings (SSSR count). The summed E-state index contributed by atoms with van der Waals surface area (Å²) >= 11 is 1.72. The summed E-state index contributed by atoms with van der Waals surface area (Å²) in [7, 11) is 0. The normalized spacial score (nSPS) is 12.9. The van der Waals surface area contributed by atoms with E-state index in [4.69, 9.17) is 0 Å². The van der Waals surface area contributed by atoms with Gasteiger partial charge in [-0.25, -0.2) is 9.97 Å². The molecule has 1 aromatic heterocycles. The van der Waals surface area contributed by atoms with E-state index in [0.29, 0.717) is 5.41 Å². The molecule has 0 atom stereocenters. The predicted octanol–water partition coefficient (Wildman–Crippen LogP) is 3.91. The Hall–Kier alpha value is -0.570. The van der Waals surface area contributed by atoms with Gasteiger partial charge in [-0.05, 0) is 16.4 Å². The van der Waals surface area contributed by atoms with Crippen LogP contribution in [0, 0.1) is 5.41 Å². The van der Waals surface area contributed by atoms with Crippen LogP contribution in [0.15, 0.2) is 17.6 Å². The zero-order valence-electron chi connectivity index (χ0n) is 11.2. The van der Waals surface area contributed by atoms with Crippen molar-refractivity contribution in [3.05, 3.63) is 18.0 Å². The maximum atomic E-state index is 4.40. The first-order valence-electron chi connectivity index (χ1n) is 5.64. The van der Waals surface area contributed by atoms with Crippen molar-refractivity contribution < 1.29 is 0 Å². The smallest absolute Gasteiger partial charge is 0.187 e. The van der Waals surface area contributed by atoms with Gasteiger partial charge in [-0.2, -0.15) is 0 Å². The molecule has 0 aliphatic heterocycles. The minimum Gasteiger partial charge on any atom is -0.231 e. The number of rotatable bonds is 2. The zero-order chi connectivity index (χ0) is 12.4. The summed E-state index contributed by atoms with van der Waals surface area (Å²) in [4.78, 5) is 8.80. The lowest BCUT2D eigenvalue weighted by atomic mass is 9.89. The zero-order valence-corrected chi connectivity index (χ0v) is 12.0. The molecule has 0 N–H and O–H groups in total. The monoisotopic (exact) mass is 238 g/mol. The molecule has 0 amide bonds. The first kappa shape index (κ1) is 13.5. The van der Waals surface area contributed by atoms with Gasteiger partial charge in [0, 0.05) is 18.1 Å². The third-order valence-electron chi connectivity index (χ3n) is 2.13. The van der Waals surface area contributed by atoms with Gasteiger partial charge in [0.2, 0.25) is 0 Å². The predicted molar refractivity (Wildman–Crippen MR) is 70.9 cm³/mol. The molecule has 0 spiro atoms. The van der Waals surface area contributed by atoms with E-state index >= 15 is 0 Å². The summed E-state index contributed by atoms with van der Waals surface area (Å²) in [6, 6.07) is 0. The third-order valence-corrected chi connectivity index (χ3v) is 3.61. The Morgan fingerprint density at radius 1 is 1.00 bits per heavy atom. The third kappa shape index (κ3) is 4.52. The first-order valence-corrected chi connectivity index (χ1v) is 6.62. The standard InChI is InChI=1S/C13H22N2S/c1-12(2,3)9-16-11-14-7-10(8-15-11)13(4,5)6/h7-8H,9H2,1-6H3. The van der Waals surface area contributed by atoms with Crippen molar-refractivity contribution in [1.29, 1.82) is 0 Å². The molecule has 2 nitrogen and oxygen atoms in total. The highest BCUT2D eigenvalue weighted by atomic mass is 32.2. The molecule has 90 valence electrons. The van der Waals surface area contributed by atoms with Crippen molar-refractivity contribution in [1.82, 2.24) is 9.97 Å². The summed E-state index contributed by atoms with van der Waals surface area (Å²) in [5.41, 5.74) is 1.64. The average Bonchev–Trinajstić information content (AvgIpc) is 2.13. The number of hydrogen-bond donors (Lipinski definition) is 0. The minimum absolute atomic E-state index is 0.132. The number of nitrogens with zero attached hydrogens (tertiary/aromatic N) is 2. The van der Waals surface area contributed by atoms with Gasteiger partial charge in [-0.1, -0.05) is 53.3 Å². The molecule has 0 fully saturated rings. The van der Waals surface area contributed by atoms with E-state index in [1.165, 1.54) is 5.56 Å². The van der Waals surface area contributed by atoms with Crippen LogP contribution in [0.4, 0.5) is 0 Å². The summed E-state index contributed by atoms with van der Waals surface area (Å²) in [6.07, 6.45) is 3.88. The van der Waals surface area contributed by atoms with Crippen LogP contribution in [0.25, 0.3) is 0 Å². The Kier molecular flexibility index (Phi) is 4.00. The molecular weight excluding hydrogens is 216 g/mol. The Balaban J connectivity index is 2.66. The number of hydrogen-bond acceptors (Lipinski definition) is 3. The Morgan fingerprint density at radius 3 is 1.88 bits per heavy atom. The first-order chi connectivity index (χ1) is 7.18. The number of aromatic nitrogens is 2. The molecule has 0 aromatic carbocycles. The van der Waals surface area contributed by atoms with Crippen molar-refractivity contribution in [2.45, 2.75) is 52.1 Å². The highest BCUT2D eigenvalue weighted by molar-refractivity contribution is 7.99. The SMILES string of the molecule is CC(C)(C)CSc1ncc(C(C)(C)C)cn1. The van der Waals surface area contributed by atoms with Crippen LogP contribution in [0.5, 0.6) is 0 Å². The van der Waals surface area contributed by atoms with Crippen LogP contribution in [0.3, 0.4) is 0 Å². The van der Waals surface area contributed by atoms with Crippen LogP contribution < -0.4 is 0 Å². The van der Waals surface area contributed by atoms with Crippen LogP contribution >= 0.6 is 11.8 Å². The van der Waals surface area contributed by atoms with Crippen molar-refractivity contribution in [3.8, 4) is 0 Å². The lowest BCUT2D eigenvalue weighted by Gasteiger charge is -2.19.